The van der Waals surface area contributed by atoms with Gasteiger partial charge in [0.1, 0.15) is 0 Å². The van der Waals surface area contributed by atoms with Gasteiger partial charge in [0.2, 0.25) is 5.76 Å². The Balaban J connectivity index is 2.84. The summed E-state index contributed by atoms with van der Waals surface area (Å²) in [5.74, 6) is -1.37. The fourth-order valence-electron chi connectivity index (χ4n) is 1.11. The molecule has 0 unspecified atom stereocenters. The maximum absolute atomic E-state index is 11.1. The summed E-state index contributed by atoms with van der Waals surface area (Å²) in [4.78, 5) is 20.9. The summed E-state index contributed by atoms with van der Waals surface area (Å²) in [5, 5.41) is 19.7. The van der Waals surface area contributed by atoms with E-state index in [9.17, 15) is 20.0 Å². The summed E-state index contributed by atoms with van der Waals surface area (Å²) >= 11 is 0. The zero-order chi connectivity index (χ0) is 12.8. The Labute approximate surface area is 97.3 Å². The molecule has 0 heterocycles. The molecule has 0 bridgehead atoms. The minimum absolute atomic E-state index is 0.0576. The van der Waals surface area contributed by atoms with E-state index in [1.807, 2.05) is 0 Å². The molecule has 0 atom stereocenters. The molecule has 0 aliphatic heterocycles. The fourth-order valence-corrected chi connectivity index (χ4v) is 1.11. The average molecular weight is 237 g/mol. The molecule has 0 amide bonds. The highest BCUT2D eigenvalue weighted by molar-refractivity contribution is 5.90. The van der Waals surface area contributed by atoms with Crippen molar-refractivity contribution in [1.82, 2.24) is 0 Å². The number of nitrogens with zero attached hydrogens (tertiary/aromatic N) is 1. The van der Waals surface area contributed by atoms with Gasteiger partial charge in [-0.3, -0.25) is 10.1 Å². The Kier molecular flexibility index (Phi) is 4.21. The molecule has 1 aromatic rings. The molecule has 6 nitrogen and oxygen atoms in total. The summed E-state index contributed by atoms with van der Waals surface area (Å²) in [7, 11) is 0. The van der Waals surface area contributed by atoms with Crippen LogP contribution in [0.3, 0.4) is 0 Å². The van der Waals surface area contributed by atoms with E-state index in [1.54, 1.807) is 6.92 Å². The number of ether oxygens (including phenoxy) is 1. The number of benzene rings is 1. The van der Waals surface area contributed by atoms with E-state index in [2.05, 4.69) is 4.74 Å². The molecule has 17 heavy (non-hydrogen) atoms. The lowest BCUT2D eigenvalue weighted by molar-refractivity contribution is -0.384. The molecular formula is C11H11NO5. The van der Waals surface area contributed by atoms with Gasteiger partial charge < -0.3 is 9.84 Å². The molecule has 1 rings (SSSR count). The number of esters is 1. The standard InChI is InChI=1S/C11H11NO5/c1-2-17-11(14)10(13)7-8-3-5-9(6-4-8)12(15)16/h3-7,13H,2H2,1H3/b10-7-. The van der Waals surface area contributed by atoms with Gasteiger partial charge in [-0.2, -0.15) is 0 Å². The maximum atomic E-state index is 11.1. The smallest absolute Gasteiger partial charge is 0.373 e. The van der Waals surface area contributed by atoms with Crippen molar-refractivity contribution in [3.63, 3.8) is 0 Å². The van der Waals surface area contributed by atoms with Crippen LogP contribution in [0.4, 0.5) is 5.69 Å². The highest BCUT2D eigenvalue weighted by Crippen LogP contribution is 2.14. The first kappa shape index (κ1) is 12.7. The Morgan fingerprint density at radius 3 is 2.53 bits per heavy atom. The molecule has 0 aliphatic rings. The fraction of sp³-hybridized carbons (Fsp3) is 0.182. The van der Waals surface area contributed by atoms with Crippen molar-refractivity contribution in [2.75, 3.05) is 6.61 Å². The van der Waals surface area contributed by atoms with Crippen molar-refractivity contribution in [3.05, 3.63) is 45.7 Å². The number of carbonyl (C=O) groups excluding carboxylic acids is 1. The number of aliphatic hydroxyl groups is 1. The van der Waals surface area contributed by atoms with Gasteiger partial charge in [-0.15, -0.1) is 0 Å². The predicted octanol–water partition coefficient (Wildman–Crippen LogP) is 2.06. The second-order valence-corrected chi connectivity index (χ2v) is 3.10. The molecule has 0 spiro atoms. The Bertz CT molecular complexity index is 449. The van der Waals surface area contributed by atoms with Crippen molar-refractivity contribution in [2.45, 2.75) is 6.92 Å². The number of nitro benzene ring substituents is 1. The van der Waals surface area contributed by atoms with Crippen LogP contribution in [-0.2, 0) is 9.53 Å². The Morgan fingerprint density at radius 2 is 2.06 bits per heavy atom. The van der Waals surface area contributed by atoms with E-state index in [4.69, 9.17) is 0 Å². The molecule has 6 heteroatoms. The summed E-state index contributed by atoms with van der Waals surface area (Å²) in [6.45, 7) is 1.79. The number of hydrogen-bond donors (Lipinski definition) is 1. The third-order valence-corrected chi connectivity index (χ3v) is 1.89. The molecule has 0 aliphatic carbocycles. The Morgan fingerprint density at radius 1 is 1.47 bits per heavy atom. The van der Waals surface area contributed by atoms with Gasteiger partial charge in [0.05, 0.1) is 11.5 Å². The van der Waals surface area contributed by atoms with Gasteiger partial charge >= 0.3 is 5.97 Å². The first-order valence-corrected chi connectivity index (χ1v) is 4.87. The van der Waals surface area contributed by atoms with Crippen molar-refractivity contribution in [1.29, 1.82) is 0 Å². The van der Waals surface area contributed by atoms with Crippen molar-refractivity contribution in [2.24, 2.45) is 0 Å². The number of nitro groups is 1. The average Bonchev–Trinajstić information content (AvgIpc) is 2.30. The lowest BCUT2D eigenvalue weighted by atomic mass is 10.2. The number of hydrogen-bond acceptors (Lipinski definition) is 5. The van der Waals surface area contributed by atoms with E-state index in [0.717, 1.165) is 0 Å². The second kappa shape index (κ2) is 5.64. The van der Waals surface area contributed by atoms with Crippen LogP contribution < -0.4 is 0 Å². The highest BCUT2D eigenvalue weighted by atomic mass is 16.6. The number of non-ortho nitro benzene ring substituents is 1. The largest absolute Gasteiger partial charge is 0.502 e. The summed E-state index contributed by atoms with van der Waals surface area (Å²) in [6, 6.07) is 5.41. The van der Waals surface area contributed by atoms with Gasteiger partial charge in [0, 0.05) is 12.1 Å². The third-order valence-electron chi connectivity index (χ3n) is 1.89. The minimum Gasteiger partial charge on any atom is -0.502 e. The molecule has 90 valence electrons. The van der Waals surface area contributed by atoms with E-state index >= 15 is 0 Å². The molecule has 0 saturated heterocycles. The molecule has 0 saturated carbocycles. The van der Waals surface area contributed by atoms with Crippen molar-refractivity contribution in [3.8, 4) is 0 Å². The van der Waals surface area contributed by atoms with Crippen molar-refractivity contribution >= 4 is 17.7 Å². The van der Waals surface area contributed by atoms with Crippen LogP contribution in [0.25, 0.3) is 6.08 Å². The zero-order valence-corrected chi connectivity index (χ0v) is 9.12. The molecular weight excluding hydrogens is 226 g/mol. The summed E-state index contributed by atoms with van der Waals surface area (Å²) < 4.78 is 4.57. The quantitative estimate of drug-likeness (QED) is 0.284. The van der Waals surface area contributed by atoms with E-state index in [-0.39, 0.29) is 12.3 Å². The third kappa shape index (κ3) is 3.60. The topological polar surface area (TPSA) is 89.7 Å². The SMILES string of the molecule is CCOC(=O)/C(O)=C/c1ccc([N+](=O)[O-])cc1. The van der Waals surface area contributed by atoms with Crippen LogP contribution in [0.15, 0.2) is 30.0 Å². The molecule has 0 fully saturated rings. The van der Waals surface area contributed by atoms with Crippen LogP contribution in [0.1, 0.15) is 12.5 Å². The first-order valence-electron chi connectivity index (χ1n) is 4.87. The van der Waals surface area contributed by atoms with Crippen molar-refractivity contribution < 1.29 is 19.6 Å². The molecule has 0 radical (unpaired) electrons. The maximum Gasteiger partial charge on any atom is 0.373 e. The molecule has 1 aromatic carbocycles. The van der Waals surface area contributed by atoms with Crippen LogP contribution in [-0.4, -0.2) is 22.6 Å². The van der Waals surface area contributed by atoms with Crippen LogP contribution in [0.2, 0.25) is 0 Å². The van der Waals surface area contributed by atoms with Crippen LogP contribution >= 0.6 is 0 Å². The lowest BCUT2D eigenvalue weighted by Gasteiger charge is -2.00. The number of carbonyl (C=O) groups is 1. The second-order valence-electron chi connectivity index (χ2n) is 3.10. The van der Waals surface area contributed by atoms with E-state index in [0.29, 0.717) is 5.56 Å². The van der Waals surface area contributed by atoms with Crippen LogP contribution in [0.5, 0.6) is 0 Å². The summed E-state index contributed by atoms with van der Waals surface area (Å²) in [6.07, 6.45) is 1.18. The lowest BCUT2D eigenvalue weighted by Crippen LogP contribution is -2.06. The summed E-state index contributed by atoms with van der Waals surface area (Å²) in [5.41, 5.74) is 0.416. The van der Waals surface area contributed by atoms with E-state index < -0.39 is 16.7 Å². The molecule has 1 N–H and O–H groups in total. The van der Waals surface area contributed by atoms with Gasteiger partial charge in [-0.1, -0.05) is 0 Å². The first-order chi connectivity index (χ1) is 8.04. The van der Waals surface area contributed by atoms with Crippen LogP contribution in [0, 0.1) is 10.1 Å². The number of aliphatic hydroxyl groups excluding tert-OH is 1. The Hall–Kier alpha value is -2.37. The van der Waals surface area contributed by atoms with E-state index in [1.165, 1.54) is 30.3 Å². The monoisotopic (exact) mass is 237 g/mol. The van der Waals surface area contributed by atoms with Gasteiger partial charge in [0.25, 0.3) is 5.69 Å². The number of rotatable bonds is 4. The van der Waals surface area contributed by atoms with Gasteiger partial charge in [-0.05, 0) is 30.7 Å². The van der Waals surface area contributed by atoms with Gasteiger partial charge in [-0.25, -0.2) is 4.79 Å². The molecule has 0 aromatic heterocycles. The minimum atomic E-state index is -0.828. The highest BCUT2D eigenvalue weighted by Gasteiger charge is 2.08. The van der Waals surface area contributed by atoms with Gasteiger partial charge in [0.15, 0.2) is 0 Å². The zero-order valence-electron chi connectivity index (χ0n) is 9.12. The predicted molar refractivity (Wildman–Crippen MR) is 60.3 cm³/mol. The normalized spacial score (nSPS) is 11.0.